The molecule has 2 aromatic heterocycles. The summed E-state index contributed by atoms with van der Waals surface area (Å²) in [5, 5.41) is 6.68. The van der Waals surface area contributed by atoms with Crippen LogP contribution >= 0.6 is 11.3 Å². The Bertz CT molecular complexity index is 1220. The van der Waals surface area contributed by atoms with Gasteiger partial charge in [0.15, 0.2) is 11.5 Å². The van der Waals surface area contributed by atoms with E-state index >= 15 is 0 Å². The van der Waals surface area contributed by atoms with Crippen molar-refractivity contribution < 1.29 is 9.47 Å². The smallest absolute Gasteiger partial charge is 0.162 e. The zero-order chi connectivity index (χ0) is 20.5. The number of hydrogen-bond donors (Lipinski definition) is 1. The lowest BCUT2D eigenvalue weighted by Crippen LogP contribution is -2.02. The maximum atomic E-state index is 5.44. The van der Waals surface area contributed by atoms with Crippen LogP contribution in [0.3, 0.4) is 0 Å². The van der Waals surface area contributed by atoms with Crippen LogP contribution in [-0.2, 0) is 12.8 Å². The second-order valence-electron chi connectivity index (χ2n) is 7.44. The highest BCUT2D eigenvalue weighted by Crippen LogP contribution is 2.39. The van der Waals surface area contributed by atoms with E-state index in [9.17, 15) is 0 Å². The van der Waals surface area contributed by atoms with Crippen molar-refractivity contribution in [1.29, 1.82) is 0 Å². The zero-order valence-corrected chi connectivity index (χ0v) is 17.9. The summed E-state index contributed by atoms with van der Waals surface area (Å²) in [4.78, 5) is 10.0. The van der Waals surface area contributed by atoms with Gasteiger partial charge >= 0.3 is 0 Å². The van der Waals surface area contributed by atoms with Crippen LogP contribution < -0.4 is 14.8 Å². The molecule has 0 amide bonds. The quantitative estimate of drug-likeness (QED) is 0.432. The van der Waals surface area contributed by atoms with E-state index in [1.165, 1.54) is 47.9 Å². The summed E-state index contributed by atoms with van der Waals surface area (Å²) in [5.74, 6) is 2.16. The van der Waals surface area contributed by atoms with Gasteiger partial charge in [-0.2, -0.15) is 0 Å². The molecule has 1 aliphatic rings. The van der Waals surface area contributed by atoms with Gasteiger partial charge in [-0.25, -0.2) is 9.97 Å². The van der Waals surface area contributed by atoms with Crippen LogP contribution in [0, 0.1) is 0 Å². The number of aromatic nitrogens is 2. The molecule has 30 heavy (non-hydrogen) atoms. The largest absolute Gasteiger partial charge is 0.493 e. The van der Waals surface area contributed by atoms with E-state index in [0.717, 1.165) is 21.7 Å². The van der Waals surface area contributed by atoms with E-state index in [2.05, 4.69) is 38.9 Å². The van der Waals surface area contributed by atoms with Gasteiger partial charge in [0.1, 0.15) is 17.0 Å². The minimum absolute atomic E-state index is 0.674. The molecule has 6 heteroatoms. The zero-order valence-electron chi connectivity index (χ0n) is 17.1. The number of fused-ring (bicyclic) bond motifs is 2. The molecular weight excluding hydrogens is 394 g/mol. The van der Waals surface area contributed by atoms with Gasteiger partial charge in [0.2, 0.25) is 0 Å². The number of thiophene rings is 1. The predicted octanol–water partition coefficient (Wildman–Crippen LogP) is 6.00. The summed E-state index contributed by atoms with van der Waals surface area (Å²) in [6, 6.07) is 12.6. The van der Waals surface area contributed by atoms with E-state index in [1.807, 2.05) is 18.2 Å². The lowest BCUT2D eigenvalue weighted by Gasteiger charge is -2.17. The van der Waals surface area contributed by atoms with Crippen molar-refractivity contribution in [1.82, 2.24) is 9.97 Å². The van der Waals surface area contributed by atoms with Gasteiger partial charge in [0.25, 0.3) is 0 Å². The number of anilines is 2. The Kier molecular flexibility index (Phi) is 5.01. The van der Waals surface area contributed by atoms with Gasteiger partial charge in [-0.05, 0) is 54.5 Å². The number of hydrogen-bond acceptors (Lipinski definition) is 6. The monoisotopic (exact) mass is 417 g/mol. The summed E-state index contributed by atoms with van der Waals surface area (Å²) >= 11 is 1.65. The molecular formula is C24H23N3O2S. The van der Waals surface area contributed by atoms with Gasteiger partial charge in [-0.3, -0.25) is 0 Å². The Morgan fingerprint density at radius 1 is 0.900 bits per heavy atom. The fourth-order valence-electron chi connectivity index (χ4n) is 4.13. The number of methoxy groups -OCH3 is 2. The average Bonchev–Trinajstić information content (AvgIpc) is 3.24. The van der Waals surface area contributed by atoms with Crippen LogP contribution in [0.1, 0.15) is 24.0 Å². The lowest BCUT2D eigenvalue weighted by atomic mass is 9.89. The Balaban J connectivity index is 1.57. The van der Waals surface area contributed by atoms with E-state index in [0.29, 0.717) is 11.5 Å². The number of ether oxygens (including phenoxy) is 2. The van der Waals surface area contributed by atoms with Crippen LogP contribution in [0.2, 0.25) is 0 Å². The highest BCUT2D eigenvalue weighted by Gasteiger charge is 2.16. The van der Waals surface area contributed by atoms with Crippen LogP contribution in [-0.4, -0.2) is 24.2 Å². The first-order chi connectivity index (χ1) is 14.8. The van der Waals surface area contributed by atoms with Gasteiger partial charge in [0.05, 0.1) is 19.6 Å². The molecule has 0 unspecified atom stereocenters. The van der Waals surface area contributed by atoms with Crippen LogP contribution in [0.15, 0.2) is 48.1 Å². The third-order valence-electron chi connectivity index (χ3n) is 5.68. The van der Waals surface area contributed by atoms with Crippen molar-refractivity contribution in [2.45, 2.75) is 25.7 Å². The van der Waals surface area contributed by atoms with Gasteiger partial charge in [0, 0.05) is 22.7 Å². The summed E-state index contributed by atoms with van der Waals surface area (Å²) < 4.78 is 10.8. The van der Waals surface area contributed by atoms with Crippen LogP contribution in [0.5, 0.6) is 11.5 Å². The lowest BCUT2D eigenvalue weighted by molar-refractivity contribution is 0.355. The minimum Gasteiger partial charge on any atom is -0.493 e. The third kappa shape index (κ3) is 3.37. The van der Waals surface area contributed by atoms with Crippen molar-refractivity contribution in [3.8, 4) is 22.6 Å². The second-order valence-corrected chi connectivity index (χ2v) is 8.30. The van der Waals surface area contributed by atoms with Crippen molar-refractivity contribution in [2.24, 2.45) is 0 Å². The first kappa shape index (κ1) is 18.9. The molecule has 0 saturated heterocycles. The third-order valence-corrected chi connectivity index (χ3v) is 6.56. The first-order valence-electron chi connectivity index (χ1n) is 10.1. The maximum absolute atomic E-state index is 5.44. The molecule has 0 radical (unpaired) electrons. The van der Waals surface area contributed by atoms with Crippen molar-refractivity contribution in [3.63, 3.8) is 0 Å². The summed E-state index contributed by atoms with van der Waals surface area (Å²) in [6.45, 7) is 0. The molecule has 0 atom stereocenters. The molecule has 0 aliphatic heterocycles. The second kappa shape index (κ2) is 7.95. The highest BCUT2D eigenvalue weighted by molar-refractivity contribution is 7.17. The van der Waals surface area contributed by atoms with E-state index in [-0.39, 0.29) is 0 Å². The molecule has 5 nitrogen and oxygen atoms in total. The van der Waals surface area contributed by atoms with Crippen LogP contribution in [0.4, 0.5) is 11.5 Å². The first-order valence-corrected chi connectivity index (χ1v) is 11.0. The summed E-state index contributed by atoms with van der Waals surface area (Å²) in [7, 11) is 3.27. The molecule has 2 aromatic carbocycles. The standard InChI is InChI=1S/C24H23N3O2S/c1-28-20-10-9-18(12-21(20)29-2)27-23-22-19(13-30-24(22)26-14-25-23)17-8-7-15-5-3-4-6-16(15)11-17/h7-14H,3-6H2,1-2H3,(H,25,26,27). The van der Waals surface area contributed by atoms with Crippen molar-refractivity contribution >= 4 is 33.1 Å². The average molecular weight is 418 g/mol. The predicted molar refractivity (Wildman–Crippen MR) is 122 cm³/mol. The Morgan fingerprint density at radius 3 is 2.57 bits per heavy atom. The maximum Gasteiger partial charge on any atom is 0.162 e. The van der Waals surface area contributed by atoms with E-state index in [4.69, 9.17) is 9.47 Å². The molecule has 152 valence electrons. The number of nitrogens with one attached hydrogen (secondary N) is 1. The summed E-state index contributed by atoms with van der Waals surface area (Å²) in [5.41, 5.74) is 6.25. The van der Waals surface area contributed by atoms with Gasteiger partial charge < -0.3 is 14.8 Å². The molecule has 0 spiro atoms. The fourth-order valence-corrected chi connectivity index (χ4v) is 5.05. The number of rotatable bonds is 5. The van der Waals surface area contributed by atoms with E-state index in [1.54, 1.807) is 31.9 Å². The SMILES string of the molecule is COc1ccc(Nc2ncnc3scc(-c4ccc5c(c4)CCCC5)c23)cc1OC. The molecule has 0 fully saturated rings. The molecule has 1 N–H and O–H groups in total. The van der Waals surface area contributed by atoms with E-state index < -0.39 is 0 Å². The number of aryl methyl sites for hydroxylation is 2. The molecule has 0 saturated carbocycles. The minimum atomic E-state index is 0.674. The van der Waals surface area contributed by atoms with Gasteiger partial charge in [-0.1, -0.05) is 18.2 Å². The Labute approximate surface area is 179 Å². The molecule has 0 bridgehead atoms. The molecule has 5 rings (SSSR count). The van der Waals surface area contributed by atoms with Gasteiger partial charge in [-0.15, -0.1) is 11.3 Å². The number of benzene rings is 2. The van der Waals surface area contributed by atoms with Crippen LogP contribution in [0.25, 0.3) is 21.3 Å². The molecule has 2 heterocycles. The molecule has 1 aliphatic carbocycles. The Hall–Kier alpha value is -3.12. The summed E-state index contributed by atoms with van der Waals surface area (Å²) in [6.07, 6.45) is 6.53. The fraction of sp³-hybridized carbons (Fsp3) is 0.250. The van der Waals surface area contributed by atoms with Crippen molar-refractivity contribution in [3.05, 3.63) is 59.2 Å². The highest BCUT2D eigenvalue weighted by atomic mass is 32.1. The van der Waals surface area contributed by atoms with Crippen molar-refractivity contribution in [2.75, 3.05) is 19.5 Å². The normalized spacial score (nSPS) is 13.1. The topological polar surface area (TPSA) is 56.3 Å². The molecule has 4 aromatic rings. The Morgan fingerprint density at radius 2 is 1.73 bits per heavy atom. The number of nitrogens with zero attached hydrogens (tertiary/aromatic N) is 2.